The van der Waals surface area contributed by atoms with Gasteiger partial charge in [0.2, 0.25) is 0 Å². The monoisotopic (exact) mass is 520 g/mol. The molecule has 0 spiro atoms. The summed E-state index contributed by atoms with van der Waals surface area (Å²) in [7, 11) is 0. The first-order chi connectivity index (χ1) is 16.1. The molecule has 0 radical (unpaired) electrons. The molecule has 6 rings (SSSR count). The Morgan fingerprint density at radius 1 is 0.545 bits per heavy atom. The number of hydrogen-bond donors (Lipinski definition) is 4. The van der Waals surface area contributed by atoms with Gasteiger partial charge in [0.25, 0.3) is 0 Å². The van der Waals surface area contributed by atoms with E-state index >= 15 is 0 Å². The van der Waals surface area contributed by atoms with E-state index < -0.39 is 24.1 Å². The number of nitrogens with one attached hydrogen (secondary N) is 2. The average molecular weight is 522 g/mol. The van der Waals surface area contributed by atoms with E-state index in [2.05, 4.69) is 47.0 Å². The molecule has 2 atom stereocenters. The molecule has 4 nitrogen and oxygen atoms in total. The van der Waals surface area contributed by atoms with Crippen molar-refractivity contribution in [3.63, 3.8) is 0 Å². The van der Waals surface area contributed by atoms with Gasteiger partial charge in [-0.1, -0.05) is 0 Å². The van der Waals surface area contributed by atoms with Crippen LogP contribution < -0.4 is 10.6 Å². The number of thioether (sulfide) groups is 2. The van der Waals surface area contributed by atoms with Crippen molar-refractivity contribution in [1.29, 1.82) is 0 Å². The Morgan fingerprint density at radius 3 is 1.36 bits per heavy atom. The fourth-order valence-corrected chi connectivity index (χ4v) is 17.6. The zero-order valence-electron chi connectivity index (χ0n) is 17.7. The quantitative estimate of drug-likeness (QED) is 0.229. The molecule has 2 aliphatic heterocycles. The molecular formula is C26H20N2O2S2Zn. The molecule has 2 aliphatic rings. The van der Waals surface area contributed by atoms with Crippen molar-refractivity contribution in [2.75, 3.05) is 10.6 Å². The van der Waals surface area contributed by atoms with Crippen molar-refractivity contribution in [2.45, 2.75) is 16.7 Å². The molecule has 2 heterocycles. The van der Waals surface area contributed by atoms with Gasteiger partial charge in [-0.2, -0.15) is 0 Å². The van der Waals surface area contributed by atoms with E-state index in [1.54, 1.807) is 35.7 Å². The van der Waals surface area contributed by atoms with Crippen molar-refractivity contribution in [1.82, 2.24) is 0 Å². The van der Waals surface area contributed by atoms with Crippen LogP contribution in [0, 0.1) is 0 Å². The van der Waals surface area contributed by atoms with E-state index in [0.29, 0.717) is 11.5 Å². The van der Waals surface area contributed by atoms with Crippen LogP contribution in [-0.2, 0) is 24.1 Å². The van der Waals surface area contributed by atoms with Gasteiger partial charge < -0.3 is 0 Å². The summed E-state index contributed by atoms with van der Waals surface area (Å²) in [6.07, 6.45) is 0. The normalized spacial score (nSPS) is 22.5. The Hall–Kier alpha value is -2.60. The van der Waals surface area contributed by atoms with Crippen LogP contribution in [0.1, 0.15) is 11.1 Å². The summed E-state index contributed by atoms with van der Waals surface area (Å²) in [5.74, 6) is 0.591. The number of hydrogen-bond acceptors (Lipinski definition) is 6. The molecule has 0 saturated carbocycles. The molecule has 160 valence electrons. The van der Waals surface area contributed by atoms with Crippen molar-refractivity contribution in [3.8, 4) is 11.5 Å². The number of phenols is 2. The predicted octanol–water partition coefficient (Wildman–Crippen LogP) is 6.54. The van der Waals surface area contributed by atoms with Crippen LogP contribution in [0.3, 0.4) is 0 Å². The van der Waals surface area contributed by atoms with Crippen molar-refractivity contribution < 1.29 is 27.3 Å². The van der Waals surface area contributed by atoms with Crippen molar-refractivity contribution in [2.24, 2.45) is 0 Å². The second-order valence-corrected chi connectivity index (χ2v) is 18.3. The molecule has 0 aliphatic carbocycles. The zero-order valence-corrected chi connectivity index (χ0v) is 22.3. The van der Waals surface area contributed by atoms with Crippen molar-refractivity contribution >= 4 is 34.9 Å². The number of rotatable bonds is 4. The fourth-order valence-electron chi connectivity index (χ4n) is 4.76. The fraction of sp³-hybridized carbons (Fsp3) is 0.0769. The van der Waals surface area contributed by atoms with Crippen LogP contribution in [0.4, 0.5) is 11.4 Å². The topological polar surface area (TPSA) is 64.5 Å². The van der Waals surface area contributed by atoms with E-state index in [1.807, 2.05) is 48.5 Å². The van der Waals surface area contributed by atoms with E-state index in [9.17, 15) is 10.2 Å². The van der Waals surface area contributed by atoms with Gasteiger partial charge in [0.1, 0.15) is 0 Å². The summed E-state index contributed by atoms with van der Waals surface area (Å²) in [4.78, 5) is 2.36. The average Bonchev–Trinajstić information content (AvgIpc) is 3.38. The minimum atomic E-state index is -1.86. The maximum absolute atomic E-state index is 11.0. The summed E-state index contributed by atoms with van der Waals surface area (Å²) in [5, 5.41) is 29.6. The van der Waals surface area contributed by atoms with Gasteiger partial charge >= 0.3 is 209 Å². The first-order valence-corrected chi connectivity index (χ1v) is 15.4. The molecule has 7 heteroatoms. The van der Waals surface area contributed by atoms with Gasteiger partial charge in [-0.05, 0) is 0 Å². The van der Waals surface area contributed by atoms with Crippen LogP contribution in [0.25, 0.3) is 0 Å². The minimum absolute atomic E-state index is 0.295. The van der Waals surface area contributed by atoms with Crippen LogP contribution >= 0.6 is 23.5 Å². The van der Waals surface area contributed by atoms with Gasteiger partial charge in [0.05, 0.1) is 0 Å². The van der Waals surface area contributed by atoms with Gasteiger partial charge in [-0.25, -0.2) is 0 Å². The van der Waals surface area contributed by atoms with Crippen LogP contribution in [0.5, 0.6) is 11.5 Å². The second kappa shape index (κ2) is 8.01. The molecule has 0 saturated heterocycles. The van der Waals surface area contributed by atoms with Crippen molar-refractivity contribution in [3.05, 3.63) is 108 Å². The van der Waals surface area contributed by atoms with E-state index in [0.717, 1.165) is 22.5 Å². The molecule has 0 fully saturated rings. The molecule has 0 bridgehead atoms. The zero-order chi connectivity index (χ0) is 22.5. The Balaban J connectivity index is 1.53. The molecule has 4 aromatic rings. The van der Waals surface area contributed by atoms with E-state index in [4.69, 9.17) is 0 Å². The molecule has 33 heavy (non-hydrogen) atoms. The number of anilines is 2. The SMILES string of the molecule is Oc1ccccc1[C]1([Zn][C]2(c3ccccc3O)Nc3ccccc3S2)Nc2ccccc2S1. The molecule has 0 amide bonds. The van der Waals surface area contributed by atoms with E-state index in [1.165, 1.54) is 9.79 Å². The Kier molecular flexibility index (Phi) is 5.09. The van der Waals surface area contributed by atoms with Crippen LogP contribution in [0.15, 0.2) is 107 Å². The number of benzene rings is 4. The van der Waals surface area contributed by atoms with Gasteiger partial charge in [-0.3, -0.25) is 0 Å². The predicted molar refractivity (Wildman–Crippen MR) is 131 cm³/mol. The summed E-state index contributed by atoms with van der Waals surface area (Å²) >= 11 is 1.72. The maximum atomic E-state index is 11.0. The molecule has 0 aromatic heterocycles. The number of phenolic OH excluding ortho intramolecular Hbond substituents is 2. The van der Waals surface area contributed by atoms with E-state index in [-0.39, 0.29) is 0 Å². The molecule has 2 unspecified atom stereocenters. The first kappa shape index (κ1) is 21.0. The molecule has 4 N–H and O–H groups in total. The number of fused-ring (bicyclic) bond motifs is 2. The van der Waals surface area contributed by atoms with Crippen LogP contribution in [-0.4, -0.2) is 10.2 Å². The van der Waals surface area contributed by atoms with Crippen LogP contribution in [0.2, 0.25) is 0 Å². The third kappa shape index (κ3) is 3.50. The standard InChI is InChI=1S/2C13H10NOS.Zn/c2*15-11-7-3-1-5-9(11)13-14-10-6-2-4-8-12(10)16-13;/h2*1-8,14-15H;. The number of aromatic hydroxyl groups is 2. The first-order valence-electron chi connectivity index (χ1n) is 10.8. The third-order valence-corrected chi connectivity index (χ3v) is 16.4. The Bertz CT molecular complexity index is 1210. The summed E-state index contributed by atoms with van der Waals surface area (Å²) in [6.45, 7) is 0. The molecular weight excluding hydrogens is 502 g/mol. The molecule has 4 aromatic carbocycles. The van der Waals surface area contributed by atoms with Gasteiger partial charge in [0.15, 0.2) is 0 Å². The summed E-state index contributed by atoms with van der Waals surface area (Å²) < 4.78 is -0.932. The van der Waals surface area contributed by atoms with Gasteiger partial charge in [-0.15, -0.1) is 0 Å². The Morgan fingerprint density at radius 2 is 0.939 bits per heavy atom. The summed E-state index contributed by atoms with van der Waals surface area (Å²) in [5.41, 5.74) is 3.98. The number of para-hydroxylation sites is 4. The summed E-state index contributed by atoms with van der Waals surface area (Å²) in [6, 6.07) is 31.9. The van der Waals surface area contributed by atoms with Gasteiger partial charge in [0, 0.05) is 0 Å². The second-order valence-electron chi connectivity index (χ2n) is 8.31. The Labute approximate surface area is 208 Å². The third-order valence-electron chi connectivity index (χ3n) is 6.19.